The van der Waals surface area contributed by atoms with Crippen LogP contribution in [0.15, 0.2) is 47.4 Å². The maximum Gasteiger partial charge on any atom is 0.234 e. The van der Waals surface area contributed by atoms with Gasteiger partial charge in [-0.15, -0.1) is 11.8 Å². The van der Waals surface area contributed by atoms with Gasteiger partial charge >= 0.3 is 0 Å². The third-order valence-corrected chi connectivity index (χ3v) is 4.89. The molecule has 124 valence electrons. The second-order valence-electron chi connectivity index (χ2n) is 5.73. The molecule has 0 aromatic heterocycles. The maximum atomic E-state index is 13.7. The number of benzene rings is 2. The minimum absolute atomic E-state index is 0.0519. The third kappa shape index (κ3) is 3.76. The van der Waals surface area contributed by atoms with Crippen molar-refractivity contribution in [3.05, 3.63) is 53.8 Å². The first-order valence-electron chi connectivity index (χ1n) is 7.64. The molecule has 0 bridgehead atoms. The van der Waals surface area contributed by atoms with Crippen molar-refractivity contribution in [2.75, 3.05) is 16.4 Å². The lowest BCUT2D eigenvalue weighted by atomic mass is 10.00. The Hall–Kier alpha value is -2.34. The van der Waals surface area contributed by atoms with E-state index in [0.717, 1.165) is 4.90 Å². The molecule has 2 aromatic rings. The Kier molecular flexibility index (Phi) is 4.85. The highest BCUT2D eigenvalue weighted by Gasteiger charge is 2.18. The summed E-state index contributed by atoms with van der Waals surface area (Å²) in [6, 6.07) is 11.9. The van der Waals surface area contributed by atoms with Crippen molar-refractivity contribution in [1.82, 2.24) is 0 Å². The summed E-state index contributed by atoms with van der Waals surface area (Å²) in [6.45, 7) is 1.76. The van der Waals surface area contributed by atoms with Crippen LogP contribution >= 0.6 is 11.8 Å². The number of halogens is 1. The van der Waals surface area contributed by atoms with Crippen LogP contribution in [0.5, 0.6) is 0 Å². The van der Waals surface area contributed by atoms with Gasteiger partial charge in [0.15, 0.2) is 0 Å². The number of carbonyl (C=O) groups is 2. The second-order valence-corrected chi connectivity index (χ2v) is 6.75. The minimum atomic E-state index is -0.373. The fourth-order valence-electron chi connectivity index (χ4n) is 2.51. The normalized spacial score (nSPS) is 14.5. The number of anilines is 2. The summed E-state index contributed by atoms with van der Waals surface area (Å²) in [6.07, 6.45) is 0.329. The summed E-state index contributed by atoms with van der Waals surface area (Å²) < 4.78 is 13.7. The van der Waals surface area contributed by atoms with E-state index in [2.05, 4.69) is 10.6 Å². The number of rotatable bonds is 4. The summed E-state index contributed by atoms with van der Waals surface area (Å²) in [5.74, 6) is -0.511. The van der Waals surface area contributed by atoms with Gasteiger partial charge in [0, 0.05) is 16.5 Å². The molecule has 0 unspecified atom stereocenters. The van der Waals surface area contributed by atoms with Gasteiger partial charge in [0.25, 0.3) is 0 Å². The fourth-order valence-corrected chi connectivity index (χ4v) is 3.30. The highest BCUT2D eigenvalue weighted by Crippen LogP contribution is 2.33. The maximum absolute atomic E-state index is 13.7. The van der Waals surface area contributed by atoms with E-state index in [9.17, 15) is 14.0 Å². The molecule has 0 fully saturated rings. The Labute approximate surface area is 143 Å². The van der Waals surface area contributed by atoms with Gasteiger partial charge in [-0.1, -0.05) is 25.1 Å². The van der Waals surface area contributed by atoms with Crippen molar-refractivity contribution < 1.29 is 14.0 Å². The molecular formula is C18H17FN2O2S. The molecule has 0 saturated heterocycles. The Morgan fingerprint density at radius 2 is 2.12 bits per heavy atom. The summed E-state index contributed by atoms with van der Waals surface area (Å²) in [5.41, 5.74) is 1.84. The van der Waals surface area contributed by atoms with Gasteiger partial charge in [-0.05, 0) is 36.2 Å². The quantitative estimate of drug-likeness (QED) is 0.889. The predicted molar refractivity (Wildman–Crippen MR) is 93.7 cm³/mol. The van der Waals surface area contributed by atoms with Crippen LogP contribution in [0.2, 0.25) is 0 Å². The van der Waals surface area contributed by atoms with Crippen LogP contribution in [-0.4, -0.2) is 17.6 Å². The highest BCUT2D eigenvalue weighted by atomic mass is 32.2. The van der Waals surface area contributed by atoms with E-state index in [1.807, 2.05) is 6.07 Å². The molecule has 0 radical (unpaired) electrons. The Balaban J connectivity index is 1.67. The zero-order valence-electron chi connectivity index (χ0n) is 13.1. The van der Waals surface area contributed by atoms with Crippen molar-refractivity contribution in [3.8, 4) is 0 Å². The minimum Gasteiger partial charge on any atom is -0.326 e. The molecule has 1 atom stereocenters. The van der Waals surface area contributed by atoms with Crippen molar-refractivity contribution in [3.63, 3.8) is 0 Å². The van der Waals surface area contributed by atoms with Crippen LogP contribution in [0.3, 0.4) is 0 Å². The van der Waals surface area contributed by atoms with E-state index in [1.165, 1.54) is 17.8 Å². The zero-order valence-corrected chi connectivity index (χ0v) is 14.0. The molecule has 2 aromatic carbocycles. The molecule has 2 amide bonds. The topological polar surface area (TPSA) is 58.2 Å². The van der Waals surface area contributed by atoms with Gasteiger partial charge in [0.2, 0.25) is 11.8 Å². The number of fused-ring (bicyclic) bond motifs is 1. The average molecular weight is 344 g/mol. The lowest BCUT2D eigenvalue weighted by Crippen LogP contribution is -2.23. The number of hydrogen-bond donors (Lipinski definition) is 2. The van der Waals surface area contributed by atoms with Crippen molar-refractivity contribution >= 4 is 35.0 Å². The standard InChI is InChI=1S/C18H17FN2O2S/c1-11(8-12-4-2-3-5-14(12)19)18(23)20-13-6-7-16-15(9-13)21-17(22)10-24-16/h2-7,9,11H,8,10H2,1H3,(H,20,23)(H,21,22)/t11-/m0/s1. The second kappa shape index (κ2) is 7.05. The van der Waals surface area contributed by atoms with Crippen molar-refractivity contribution in [2.45, 2.75) is 18.2 Å². The van der Waals surface area contributed by atoms with E-state index in [1.54, 1.807) is 37.3 Å². The summed E-state index contributed by atoms with van der Waals surface area (Å²) >= 11 is 1.47. The van der Waals surface area contributed by atoms with Crippen LogP contribution in [0.4, 0.5) is 15.8 Å². The molecule has 6 heteroatoms. The average Bonchev–Trinajstić information content (AvgIpc) is 2.56. The van der Waals surface area contributed by atoms with E-state index in [4.69, 9.17) is 0 Å². The number of carbonyl (C=O) groups excluding carboxylic acids is 2. The third-order valence-electron chi connectivity index (χ3n) is 3.81. The van der Waals surface area contributed by atoms with Gasteiger partial charge < -0.3 is 10.6 Å². The summed E-state index contributed by atoms with van der Waals surface area (Å²) in [5, 5.41) is 5.61. The number of amides is 2. The van der Waals surface area contributed by atoms with Crippen LogP contribution in [0.1, 0.15) is 12.5 Å². The van der Waals surface area contributed by atoms with Crippen molar-refractivity contribution in [1.29, 1.82) is 0 Å². The summed E-state index contributed by atoms with van der Waals surface area (Å²) in [4.78, 5) is 24.8. The van der Waals surface area contributed by atoms with Crippen LogP contribution < -0.4 is 10.6 Å². The molecular weight excluding hydrogens is 327 g/mol. The first-order chi connectivity index (χ1) is 11.5. The smallest absolute Gasteiger partial charge is 0.234 e. The van der Waals surface area contributed by atoms with Gasteiger partial charge in [0.1, 0.15) is 5.82 Å². The molecule has 1 aliphatic heterocycles. The Morgan fingerprint density at radius 3 is 2.92 bits per heavy atom. The molecule has 2 N–H and O–H groups in total. The van der Waals surface area contributed by atoms with Gasteiger partial charge in [0.05, 0.1) is 11.4 Å². The number of nitrogens with one attached hydrogen (secondary N) is 2. The zero-order chi connectivity index (χ0) is 17.1. The molecule has 1 heterocycles. The molecule has 0 saturated carbocycles. The molecule has 0 spiro atoms. The monoisotopic (exact) mass is 344 g/mol. The number of thioether (sulfide) groups is 1. The first kappa shape index (κ1) is 16.5. The van der Waals surface area contributed by atoms with E-state index >= 15 is 0 Å². The van der Waals surface area contributed by atoms with Gasteiger partial charge in [-0.25, -0.2) is 4.39 Å². The van der Waals surface area contributed by atoms with Crippen LogP contribution in [0, 0.1) is 11.7 Å². The molecule has 4 nitrogen and oxygen atoms in total. The first-order valence-corrected chi connectivity index (χ1v) is 8.62. The van der Waals surface area contributed by atoms with E-state index in [-0.39, 0.29) is 23.5 Å². The fraction of sp³-hybridized carbons (Fsp3) is 0.222. The lowest BCUT2D eigenvalue weighted by Gasteiger charge is -2.18. The van der Waals surface area contributed by atoms with Crippen molar-refractivity contribution in [2.24, 2.45) is 5.92 Å². The van der Waals surface area contributed by atoms with Crippen LogP contribution in [-0.2, 0) is 16.0 Å². The Morgan fingerprint density at radius 1 is 1.33 bits per heavy atom. The SMILES string of the molecule is C[C@@H](Cc1ccccc1F)C(=O)Nc1ccc2c(c1)NC(=O)CS2. The largest absolute Gasteiger partial charge is 0.326 e. The Bertz CT molecular complexity index is 794. The molecule has 1 aliphatic rings. The van der Waals surface area contributed by atoms with Gasteiger partial charge in [-0.3, -0.25) is 9.59 Å². The summed E-state index contributed by atoms with van der Waals surface area (Å²) in [7, 11) is 0. The molecule has 24 heavy (non-hydrogen) atoms. The number of hydrogen-bond acceptors (Lipinski definition) is 3. The van der Waals surface area contributed by atoms with E-state index < -0.39 is 0 Å². The molecule has 0 aliphatic carbocycles. The van der Waals surface area contributed by atoms with Gasteiger partial charge in [-0.2, -0.15) is 0 Å². The lowest BCUT2D eigenvalue weighted by molar-refractivity contribution is -0.119. The predicted octanol–water partition coefficient (Wildman–Crippen LogP) is 3.69. The molecule has 3 rings (SSSR count). The highest BCUT2D eigenvalue weighted by molar-refractivity contribution is 8.00. The van der Waals surface area contributed by atoms with E-state index in [0.29, 0.717) is 29.1 Å². The van der Waals surface area contributed by atoms with Crippen LogP contribution in [0.25, 0.3) is 0 Å².